The number of aryl methyl sites for hydroxylation is 1. The minimum absolute atomic E-state index is 0.0954. The van der Waals surface area contributed by atoms with Gasteiger partial charge in [-0.15, -0.1) is 11.3 Å². The number of carbonyl (C=O) groups excluding carboxylic acids is 1. The lowest BCUT2D eigenvalue weighted by Gasteiger charge is -2.29. The molecule has 21 heavy (non-hydrogen) atoms. The third-order valence-corrected chi connectivity index (χ3v) is 5.05. The zero-order chi connectivity index (χ0) is 15.0. The molecule has 3 rings (SSSR count). The number of allylic oxidation sites excluding steroid dienone is 1. The van der Waals surface area contributed by atoms with Gasteiger partial charge in [0.15, 0.2) is 11.4 Å². The van der Waals surface area contributed by atoms with E-state index in [9.17, 15) is 4.79 Å². The van der Waals surface area contributed by atoms with Gasteiger partial charge in [0.1, 0.15) is 5.76 Å². The normalized spacial score (nSPS) is 21.5. The highest BCUT2D eigenvalue weighted by atomic mass is 32.1. The van der Waals surface area contributed by atoms with Gasteiger partial charge in [-0.3, -0.25) is 4.79 Å². The van der Waals surface area contributed by atoms with Gasteiger partial charge in [0, 0.05) is 17.6 Å². The maximum absolute atomic E-state index is 11.9. The Labute approximate surface area is 129 Å². The molecule has 1 aliphatic heterocycles. The van der Waals surface area contributed by atoms with E-state index in [4.69, 9.17) is 4.74 Å². The Morgan fingerprint density at radius 1 is 1.19 bits per heavy atom. The predicted octanol–water partition coefficient (Wildman–Crippen LogP) is 4.58. The summed E-state index contributed by atoms with van der Waals surface area (Å²) in [6, 6.07) is 12.5. The lowest BCUT2D eigenvalue weighted by Crippen LogP contribution is -2.26. The Bertz CT molecular complexity index is 695. The smallest absolute Gasteiger partial charge is 0.172 e. The van der Waals surface area contributed by atoms with Crippen LogP contribution in [-0.2, 0) is 15.1 Å². The summed E-state index contributed by atoms with van der Waals surface area (Å²) in [5.41, 5.74) is 2.57. The molecule has 0 saturated heterocycles. The second kappa shape index (κ2) is 5.15. The van der Waals surface area contributed by atoms with Crippen LogP contribution in [0.3, 0.4) is 0 Å². The molecule has 2 heterocycles. The fraction of sp³-hybridized carbons (Fsp3) is 0.278. The third-order valence-electron chi connectivity index (χ3n) is 4.04. The van der Waals surface area contributed by atoms with Crippen molar-refractivity contribution in [2.24, 2.45) is 0 Å². The topological polar surface area (TPSA) is 26.3 Å². The van der Waals surface area contributed by atoms with Crippen LogP contribution >= 0.6 is 11.3 Å². The van der Waals surface area contributed by atoms with E-state index >= 15 is 0 Å². The third kappa shape index (κ3) is 2.32. The van der Waals surface area contributed by atoms with Crippen molar-refractivity contribution in [3.05, 3.63) is 69.1 Å². The highest BCUT2D eigenvalue weighted by molar-refractivity contribution is 7.10. The number of carbonyl (C=O) groups is 1. The quantitative estimate of drug-likeness (QED) is 0.829. The van der Waals surface area contributed by atoms with Crippen molar-refractivity contribution < 1.29 is 9.53 Å². The number of hydrogen-bond acceptors (Lipinski definition) is 3. The van der Waals surface area contributed by atoms with Gasteiger partial charge in [0.05, 0.1) is 4.88 Å². The minimum Gasteiger partial charge on any atom is -0.481 e. The van der Waals surface area contributed by atoms with Gasteiger partial charge < -0.3 is 4.74 Å². The molecular formula is C18H18O2S. The van der Waals surface area contributed by atoms with E-state index in [1.807, 2.05) is 13.0 Å². The molecule has 2 nitrogen and oxygen atoms in total. The van der Waals surface area contributed by atoms with Crippen molar-refractivity contribution in [3.8, 4) is 0 Å². The van der Waals surface area contributed by atoms with E-state index in [1.54, 1.807) is 18.3 Å². The summed E-state index contributed by atoms with van der Waals surface area (Å²) in [4.78, 5) is 13.0. The second-order valence-corrected chi connectivity index (χ2v) is 6.49. The molecule has 0 aliphatic carbocycles. The van der Waals surface area contributed by atoms with Crippen molar-refractivity contribution in [1.29, 1.82) is 0 Å². The first-order valence-corrected chi connectivity index (χ1v) is 7.92. The predicted molar refractivity (Wildman–Crippen MR) is 85.4 cm³/mol. The van der Waals surface area contributed by atoms with Crippen molar-refractivity contribution in [2.45, 2.75) is 32.8 Å². The first-order chi connectivity index (χ1) is 10.0. The molecule has 1 aliphatic rings. The summed E-state index contributed by atoms with van der Waals surface area (Å²) in [5.74, 6) is 0.842. The van der Waals surface area contributed by atoms with Crippen LogP contribution in [0.2, 0.25) is 0 Å². The van der Waals surface area contributed by atoms with E-state index < -0.39 is 5.60 Å². The molecular weight excluding hydrogens is 280 g/mol. The van der Waals surface area contributed by atoms with Crippen LogP contribution in [0.1, 0.15) is 36.3 Å². The second-order valence-electron chi connectivity index (χ2n) is 5.54. The molecule has 0 saturated carbocycles. The van der Waals surface area contributed by atoms with E-state index in [0.717, 1.165) is 21.8 Å². The average molecular weight is 298 g/mol. The van der Waals surface area contributed by atoms with Gasteiger partial charge in [-0.05, 0) is 32.2 Å². The highest BCUT2D eigenvalue weighted by Gasteiger charge is 2.44. The lowest BCUT2D eigenvalue weighted by atomic mass is 9.86. The number of hydrogen-bond donors (Lipinski definition) is 0. The molecule has 0 fully saturated rings. The fourth-order valence-corrected chi connectivity index (χ4v) is 3.76. The van der Waals surface area contributed by atoms with Gasteiger partial charge in [-0.1, -0.05) is 35.9 Å². The lowest BCUT2D eigenvalue weighted by molar-refractivity contribution is -0.113. The Morgan fingerprint density at radius 3 is 2.43 bits per heavy atom. The number of Topliss-reactive ketones (excluding diaryl/α,β-unsaturated/α-hetero) is 1. The van der Waals surface area contributed by atoms with E-state index in [-0.39, 0.29) is 5.78 Å². The van der Waals surface area contributed by atoms with Crippen LogP contribution in [0.25, 0.3) is 0 Å². The van der Waals surface area contributed by atoms with Crippen molar-refractivity contribution in [1.82, 2.24) is 0 Å². The number of benzene rings is 1. The molecule has 1 atom stereocenters. The van der Waals surface area contributed by atoms with Crippen LogP contribution in [0.15, 0.2) is 53.1 Å². The molecule has 0 spiro atoms. The van der Waals surface area contributed by atoms with Gasteiger partial charge >= 0.3 is 0 Å². The van der Waals surface area contributed by atoms with Gasteiger partial charge in [0.25, 0.3) is 0 Å². The summed E-state index contributed by atoms with van der Waals surface area (Å²) < 4.78 is 6.26. The zero-order valence-corrected chi connectivity index (χ0v) is 13.3. The first-order valence-electron chi connectivity index (χ1n) is 7.04. The molecule has 1 aromatic carbocycles. The van der Waals surface area contributed by atoms with Crippen molar-refractivity contribution >= 4 is 17.1 Å². The zero-order valence-electron chi connectivity index (χ0n) is 12.5. The highest BCUT2D eigenvalue weighted by Crippen LogP contribution is 2.48. The molecule has 0 N–H and O–H groups in total. The van der Waals surface area contributed by atoms with E-state index in [2.05, 4.69) is 42.6 Å². The number of thiophene rings is 1. The number of rotatable bonds is 3. The van der Waals surface area contributed by atoms with E-state index in [1.165, 1.54) is 5.56 Å². The largest absolute Gasteiger partial charge is 0.481 e. The molecule has 1 unspecified atom stereocenters. The minimum atomic E-state index is -0.549. The van der Waals surface area contributed by atoms with E-state index in [0.29, 0.717) is 6.42 Å². The Morgan fingerprint density at radius 2 is 1.90 bits per heavy atom. The first kappa shape index (κ1) is 14.1. The fourth-order valence-electron chi connectivity index (χ4n) is 2.88. The summed E-state index contributed by atoms with van der Waals surface area (Å²) in [7, 11) is 0. The Kier molecular flexibility index (Phi) is 3.46. The SMILES string of the molecule is CC(=O)C1=C(C)OC(c2ccc(C)cc2)(c2cccs2)C1. The van der Waals surface area contributed by atoms with Crippen molar-refractivity contribution in [2.75, 3.05) is 0 Å². The molecule has 0 radical (unpaired) electrons. The van der Waals surface area contributed by atoms with Crippen molar-refractivity contribution in [3.63, 3.8) is 0 Å². The van der Waals surface area contributed by atoms with Gasteiger partial charge in [-0.2, -0.15) is 0 Å². The molecule has 0 amide bonds. The number of ether oxygens (including phenoxy) is 1. The van der Waals surface area contributed by atoms with Crippen LogP contribution < -0.4 is 0 Å². The van der Waals surface area contributed by atoms with Crippen LogP contribution in [0.5, 0.6) is 0 Å². The van der Waals surface area contributed by atoms with Gasteiger partial charge in [0.2, 0.25) is 0 Å². The molecule has 2 aromatic rings. The monoisotopic (exact) mass is 298 g/mol. The summed E-state index contributed by atoms with van der Waals surface area (Å²) >= 11 is 1.67. The maximum atomic E-state index is 11.9. The van der Waals surface area contributed by atoms with Crippen LogP contribution in [0.4, 0.5) is 0 Å². The summed E-state index contributed by atoms with van der Waals surface area (Å²) in [6.07, 6.45) is 0.609. The molecule has 0 bridgehead atoms. The molecule has 1 aromatic heterocycles. The van der Waals surface area contributed by atoms with Crippen LogP contribution in [0, 0.1) is 6.92 Å². The Balaban J connectivity index is 2.11. The van der Waals surface area contributed by atoms with Crippen LogP contribution in [-0.4, -0.2) is 5.78 Å². The molecule has 3 heteroatoms. The number of ketones is 1. The Hall–Kier alpha value is -1.87. The maximum Gasteiger partial charge on any atom is 0.172 e. The standard InChI is InChI=1S/C18H18O2S/c1-12-6-8-15(9-7-12)18(17-5-4-10-21-17)11-16(13(2)19)14(3)20-18/h4-10H,11H2,1-3H3. The van der Waals surface area contributed by atoms with Gasteiger partial charge in [-0.25, -0.2) is 0 Å². The summed E-state index contributed by atoms with van der Waals surface area (Å²) in [6.45, 7) is 5.57. The average Bonchev–Trinajstić information content (AvgIpc) is 3.07. The molecule has 108 valence electrons. The summed E-state index contributed by atoms with van der Waals surface area (Å²) in [5, 5.41) is 2.05.